The summed E-state index contributed by atoms with van der Waals surface area (Å²) in [5, 5.41) is 2.18. The Labute approximate surface area is 179 Å². The molecular formula is C19H16F5NO6S. The first kappa shape index (κ1) is 24.9. The number of nitrogens with one attached hydrogen (secondary N) is 1. The predicted molar refractivity (Wildman–Crippen MR) is 104 cm³/mol. The molecule has 7 nitrogen and oxygen atoms in total. The van der Waals surface area contributed by atoms with Crippen molar-refractivity contribution in [3.05, 3.63) is 48.0 Å². The molecule has 1 amide bonds. The van der Waals surface area contributed by atoms with Gasteiger partial charge in [0.05, 0.1) is 24.8 Å². The first-order chi connectivity index (χ1) is 14.9. The molecule has 2 rings (SSSR count). The van der Waals surface area contributed by atoms with Crippen LogP contribution >= 0.6 is 0 Å². The number of amides is 1. The van der Waals surface area contributed by atoms with Crippen molar-refractivity contribution in [3.8, 4) is 17.2 Å². The second kappa shape index (κ2) is 9.85. The molecule has 0 atom stereocenters. The molecule has 0 spiro atoms. The Morgan fingerprint density at radius 3 is 2.28 bits per heavy atom. The van der Waals surface area contributed by atoms with E-state index in [1.54, 1.807) is 0 Å². The van der Waals surface area contributed by atoms with Crippen LogP contribution in [-0.2, 0) is 14.6 Å². The van der Waals surface area contributed by atoms with E-state index in [4.69, 9.17) is 9.47 Å². The first-order valence-electron chi connectivity index (χ1n) is 8.51. The second-order valence-corrected chi connectivity index (χ2v) is 7.83. The summed E-state index contributed by atoms with van der Waals surface area (Å²) in [6.07, 6.45) is 1.97. The lowest BCUT2D eigenvalue weighted by molar-refractivity contribution is -0.111. The summed E-state index contributed by atoms with van der Waals surface area (Å²) in [7, 11) is -3.29. The fraction of sp³-hybridized carbons (Fsp3) is 0.211. The highest BCUT2D eigenvalue weighted by molar-refractivity contribution is 7.92. The summed E-state index contributed by atoms with van der Waals surface area (Å²) >= 11 is 0. The van der Waals surface area contributed by atoms with E-state index in [2.05, 4.69) is 10.1 Å². The molecule has 2 aromatic rings. The maximum Gasteiger partial charge on any atom is 0.501 e. The Kier molecular flexibility index (Phi) is 7.67. The summed E-state index contributed by atoms with van der Waals surface area (Å²) in [5.74, 6) is -1.41. The van der Waals surface area contributed by atoms with Crippen LogP contribution in [0.4, 0.5) is 27.6 Å². The number of hydrogen-bond donors (Lipinski definition) is 1. The molecule has 0 unspecified atom stereocenters. The third-order valence-electron chi connectivity index (χ3n) is 3.89. The van der Waals surface area contributed by atoms with Crippen molar-refractivity contribution in [1.29, 1.82) is 0 Å². The van der Waals surface area contributed by atoms with Crippen molar-refractivity contribution < 1.29 is 49.4 Å². The maximum atomic E-state index is 12.8. The number of halogens is 5. The average molecular weight is 481 g/mol. The summed E-state index contributed by atoms with van der Waals surface area (Å²) in [6, 6.07) is 6.35. The fourth-order valence-corrected chi connectivity index (χ4v) is 3.25. The zero-order chi connectivity index (χ0) is 24.1. The van der Waals surface area contributed by atoms with Crippen LogP contribution < -0.4 is 19.5 Å². The molecule has 0 aliphatic rings. The minimum atomic E-state index is -5.67. The molecule has 0 saturated carbocycles. The van der Waals surface area contributed by atoms with Gasteiger partial charge in [-0.25, -0.2) is 8.42 Å². The van der Waals surface area contributed by atoms with Crippen LogP contribution in [-0.4, -0.2) is 40.7 Å². The molecule has 174 valence electrons. The van der Waals surface area contributed by atoms with Gasteiger partial charge in [0.1, 0.15) is 5.75 Å². The largest absolute Gasteiger partial charge is 0.501 e. The quantitative estimate of drug-likeness (QED) is 0.448. The molecule has 0 fully saturated rings. The van der Waals surface area contributed by atoms with Gasteiger partial charge in [-0.1, -0.05) is 12.1 Å². The molecule has 0 aliphatic heterocycles. The summed E-state index contributed by atoms with van der Waals surface area (Å²) in [5.41, 5.74) is -5.86. The molecular weight excluding hydrogens is 465 g/mol. The predicted octanol–water partition coefficient (Wildman–Crippen LogP) is 4.25. The van der Waals surface area contributed by atoms with Gasteiger partial charge >= 0.3 is 12.1 Å². The van der Waals surface area contributed by atoms with Crippen molar-refractivity contribution in [1.82, 2.24) is 0 Å². The number of alkyl halides is 5. The third kappa shape index (κ3) is 5.66. The highest BCUT2D eigenvalue weighted by atomic mass is 32.2. The smallest absolute Gasteiger partial charge is 0.495 e. The van der Waals surface area contributed by atoms with Crippen LogP contribution in [0.3, 0.4) is 0 Å². The monoisotopic (exact) mass is 481 g/mol. The highest BCUT2D eigenvalue weighted by Crippen LogP contribution is 2.35. The Morgan fingerprint density at radius 2 is 1.72 bits per heavy atom. The van der Waals surface area contributed by atoms with E-state index >= 15 is 0 Å². The SMILES string of the molecule is COc1ccc(S(=O)(=O)C(F)(F)F)cc1NC(=O)/C=C/c1cccc(OC)c1OC(F)F. The third-order valence-corrected chi connectivity index (χ3v) is 5.38. The van der Waals surface area contributed by atoms with Crippen LogP contribution in [0, 0.1) is 0 Å². The number of benzene rings is 2. The Bertz CT molecular complexity index is 1120. The van der Waals surface area contributed by atoms with Crippen LogP contribution in [0.2, 0.25) is 0 Å². The zero-order valence-corrected chi connectivity index (χ0v) is 17.3. The number of carbonyl (C=O) groups is 1. The first-order valence-corrected chi connectivity index (χ1v) is 9.99. The lowest BCUT2D eigenvalue weighted by Crippen LogP contribution is -2.23. The minimum absolute atomic E-state index is 0.0282. The Balaban J connectivity index is 2.34. The highest BCUT2D eigenvalue weighted by Gasteiger charge is 2.47. The lowest BCUT2D eigenvalue weighted by Gasteiger charge is -2.13. The lowest BCUT2D eigenvalue weighted by atomic mass is 10.1. The van der Waals surface area contributed by atoms with E-state index < -0.39 is 32.8 Å². The van der Waals surface area contributed by atoms with Gasteiger partial charge in [-0.05, 0) is 30.3 Å². The van der Waals surface area contributed by atoms with Gasteiger partial charge in [-0.15, -0.1) is 0 Å². The van der Waals surface area contributed by atoms with E-state index in [-0.39, 0.29) is 28.5 Å². The van der Waals surface area contributed by atoms with Crippen LogP contribution in [0.25, 0.3) is 6.08 Å². The van der Waals surface area contributed by atoms with Gasteiger partial charge in [0, 0.05) is 11.6 Å². The number of rotatable bonds is 8. The van der Waals surface area contributed by atoms with Gasteiger partial charge in [-0.3, -0.25) is 4.79 Å². The number of carbonyl (C=O) groups excluding carboxylic acids is 1. The summed E-state index contributed by atoms with van der Waals surface area (Å²) in [6.45, 7) is -3.17. The van der Waals surface area contributed by atoms with E-state index in [1.807, 2.05) is 0 Å². The number of para-hydroxylation sites is 1. The molecule has 0 aliphatic carbocycles. The van der Waals surface area contributed by atoms with Crippen LogP contribution in [0.1, 0.15) is 5.56 Å². The Morgan fingerprint density at radius 1 is 1.06 bits per heavy atom. The number of anilines is 1. The van der Waals surface area contributed by atoms with Crippen molar-refractivity contribution >= 4 is 27.5 Å². The summed E-state index contributed by atoms with van der Waals surface area (Å²) in [4.78, 5) is 11.1. The number of hydrogen-bond acceptors (Lipinski definition) is 6. The number of ether oxygens (including phenoxy) is 3. The molecule has 2 aromatic carbocycles. The van der Waals surface area contributed by atoms with E-state index in [1.165, 1.54) is 25.3 Å². The molecule has 0 radical (unpaired) electrons. The van der Waals surface area contributed by atoms with Gasteiger partial charge in [0.25, 0.3) is 9.84 Å². The van der Waals surface area contributed by atoms with Crippen molar-refractivity contribution in [2.24, 2.45) is 0 Å². The summed E-state index contributed by atoms with van der Waals surface area (Å²) < 4.78 is 101. The number of sulfone groups is 1. The van der Waals surface area contributed by atoms with Crippen molar-refractivity contribution in [3.63, 3.8) is 0 Å². The number of methoxy groups -OCH3 is 2. The molecule has 1 N–H and O–H groups in total. The van der Waals surface area contributed by atoms with Crippen LogP contribution in [0.15, 0.2) is 47.4 Å². The second-order valence-electron chi connectivity index (χ2n) is 5.89. The van der Waals surface area contributed by atoms with Crippen molar-refractivity contribution in [2.75, 3.05) is 19.5 Å². The maximum absolute atomic E-state index is 12.8. The van der Waals surface area contributed by atoms with E-state index in [9.17, 15) is 35.2 Å². The molecule has 0 aromatic heterocycles. The standard InChI is InChI=1S/C19H16F5NO6S/c1-29-14-8-7-12(32(27,28)19(22,23)24)10-13(14)25-16(26)9-6-11-4-3-5-15(30-2)17(11)31-18(20)21/h3-10,18H,1-2H3,(H,25,26)/b9-6+. The molecule has 32 heavy (non-hydrogen) atoms. The molecule has 0 heterocycles. The van der Waals surface area contributed by atoms with Gasteiger partial charge in [-0.2, -0.15) is 22.0 Å². The molecule has 13 heteroatoms. The van der Waals surface area contributed by atoms with Gasteiger partial charge < -0.3 is 19.5 Å². The van der Waals surface area contributed by atoms with E-state index in [0.717, 1.165) is 25.3 Å². The fourth-order valence-electron chi connectivity index (χ4n) is 2.47. The van der Waals surface area contributed by atoms with Gasteiger partial charge in [0.15, 0.2) is 11.5 Å². The van der Waals surface area contributed by atoms with Gasteiger partial charge in [0.2, 0.25) is 5.91 Å². The topological polar surface area (TPSA) is 90.9 Å². The average Bonchev–Trinajstić information content (AvgIpc) is 2.71. The normalized spacial score (nSPS) is 12.1. The van der Waals surface area contributed by atoms with Crippen molar-refractivity contribution in [2.45, 2.75) is 17.0 Å². The zero-order valence-electron chi connectivity index (χ0n) is 16.4. The van der Waals surface area contributed by atoms with Crippen LogP contribution in [0.5, 0.6) is 17.2 Å². The minimum Gasteiger partial charge on any atom is -0.495 e. The molecule has 0 saturated heterocycles. The molecule has 0 bridgehead atoms. The van der Waals surface area contributed by atoms with E-state index in [0.29, 0.717) is 12.1 Å². The Hall–Kier alpha value is -3.35.